The summed E-state index contributed by atoms with van der Waals surface area (Å²) < 4.78 is 4.57. The molecule has 0 aromatic heterocycles. The minimum Gasteiger partial charge on any atom is -0.466 e. The molecule has 0 radical (unpaired) electrons. The molecule has 0 atom stereocenters. The number of methoxy groups -OCH3 is 1. The van der Waals surface area contributed by atoms with E-state index in [2.05, 4.69) is 4.74 Å². The van der Waals surface area contributed by atoms with Crippen LogP contribution in [-0.2, 0) is 14.3 Å². The molecular weight excluding hydrogens is 282 g/mol. The zero-order chi connectivity index (χ0) is 14.9. The van der Waals surface area contributed by atoms with E-state index in [4.69, 9.17) is 11.6 Å². The lowest BCUT2D eigenvalue weighted by Gasteiger charge is -2.14. The molecular formula is C14H12ClNO4. The summed E-state index contributed by atoms with van der Waals surface area (Å²) in [5.41, 5.74) is 1.15. The topological polar surface area (TPSA) is 63.7 Å². The maximum atomic E-state index is 11.9. The van der Waals surface area contributed by atoms with E-state index in [0.29, 0.717) is 16.3 Å². The summed E-state index contributed by atoms with van der Waals surface area (Å²) >= 11 is 5.82. The molecule has 104 valence electrons. The third-order valence-electron chi connectivity index (χ3n) is 3.02. The molecule has 0 bridgehead atoms. The number of hydrogen-bond acceptors (Lipinski definition) is 4. The number of Topliss-reactive ketones (excluding diaryl/α,β-unsaturated/α-hetero) is 1. The number of hydrogen-bond donors (Lipinski definition) is 0. The van der Waals surface area contributed by atoms with Crippen LogP contribution in [0.1, 0.15) is 17.3 Å². The van der Waals surface area contributed by atoms with Crippen LogP contribution in [0.2, 0.25) is 5.02 Å². The van der Waals surface area contributed by atoms with Crippen molar-refractivity contribution >= 4 is 34.9 Å². The Labute approximate surface area is 120 Å². The van der Waals surface area contributed by atoms with Crippen molar-refractivity contribution < 1.29 is 19.1 Å². The molecule has 0 unspecified atom stereocenters. The summed E-state index contributed by atoms with van der Waals surface area (Å²) in [7, 11) is 1.28. The number of rotatable bonds is 3. The number of esters is 1. The number of halogens is 1. The molecule has 1 aromatic carbocycles. The van der Waals surface area contributed by atoms with E-state index in [1.54, 1.807) is 25.1 Å². The number of nitrogens with zero attached hydrogens (tertiary/aromatic N) is 1. The summed E-state index contributed by atoms with van der Waals surface area (Å²) in [4.78, 5) is 36.3. The van der Waals surface area contributed by atoms with Crippen molar-refractivity contribution in [1.82, 2.24) is 0 Å². The second-order valence-corrected chi connectivity index (χ2v) is 4.72. The van der Waals surface area contributed by atoms with E-state index in [0.717, 1.165) is 0 Å². The van der Waals surface area contributed by atoms with Gasteiger partial charge in [0.25, 0.3) is 11.7 Å². The van der Waals surface area contributed by atoms with Gasteiger partial charge in [0.15, 0.2) is 0 Å². The summed E-state index contributed by atoms with van der Waals surface area (Å²) in [6.07, 6.45) is 1.54. The van der Waals surface area contributed by atoms with Gasteiger partial charge in [-0.25, -0.2) is 4.79 Å². The monoisotopic (exact) mass is 293 g/mol. The molecule has 1 amide bonds. The van der Waals surface area contributed by atoms with Gasteiger partial charge in [0.2, 0.25) is 0 Å². The number of ketones is 1. The number of carbonyl (C=O) groups is 3. The van der Waals surface area contributed by atoms with Crippen molar-refractivity contribution in [1.29, 1.82) is 0 Å². The average Bonchev–Trinajstić information content (AvgIpc) is 2.67. The third-order valence-corrected chi connectivity index (χ3v) is 3.26. The summed E-state index contributed by atoms with van der Waals surface area (Å²) in [5.74, 6) is -1.69. The van der Waals surface area contributed by atoms with Crippen LogP contribution in [-0.4, -0.2) is 31.3 Å². The van der Waals surface area contributed by atoms with Crippen LogP contribution in [0.25, 0.3) is 0 Å². The second-order valence-electron chi connectivity index (χ2n) is 4.29. The van der Waals surface area contributed by atoms with Crippen molar-refractivity contribution in [3.63, 3.8) is 0 Å². The predicted octanol–water partition coefficient (Wildman–Crippen LogP) is 1.99. The molecule has 0 aliphatic carbocycles. The van der Waals surface area contributed by atoms with E-state index in [1.165, 1.54) is 18.1 Å². The van der Waals surface area contributed by atoms with Gasteiger partial charge in [-0.1, -0.05) is 17.7 Å². The van der Waals surface area contributed by atoms with E-state index < -0.39 is 17.7 Å². The largest absolute Gasteiger partial charge is 0.466 e. The molecule has 20 heavy (non-hydrogen) atoms. The Morgan fingerprint density at radius 1 is 1.40 bits per heavy atom. The fourth-order valence-corrected chi connectivity index (χ4v) is 2.10. The number of carbonyl (C=O) groups excluding carboxylic acids is 3. The molecule has 0 saturated carbocycles. The normalized spacial score (nSPS) is 14.6. The van der Waals surface area contributed by atoms with Gasteiger partial charge in [-0.3, -0.25) is 9.59 Å². The van der Waals surface area contributed by atoms with Crippen molar-refractivity contribution in [2.24, 2.45) is 0 Å². The first-order valence-corrected chi connectivity index (χ1v) is 6.24. The lowest BCUT2D eigenvalue weighted by atomic mass is 10.1. The summed E-state index contributed by atoms with van der Waals surface area (Å²) in [5, 5.41) is 0.396. The van der Waals surface area contributed by atoms with Crippen LogP contribution in [0.15, 0.2) is 29.8 Å². The highest BCUT2D eigenvalue weighted by Crippen LogP contribution is 2.31. The number of fused-ring (bicyclic) bond motifs is 1. The standard InChI is InChI=1S/C14H12ClNO4/c1-8(14(19)20-2)5-6-16-11-4-3-9(15)7-10(11)12(17)13(16)18/h3-5,7H,6H2,1-2H3. The Hall–Kier alpha value is -2.14. The van der Waals surface area contributed by atoms with Crippen LogP contribution in [0, 0.1) is 0 Å². The van der Waals surface area contributed by atoms with Crippen molar-refractivity contribution in [3.05, 3.63) is 40.4 Å². The molecule has 0 N–H and O–H groups in total. The first-order valence-electron chi connectivity index (χ1n) is 5.86. The fraction of sp³-hybridized carbons (Fsp3) is 0.214. The van der Waals surface area contributed by atoms with Crippen LogP contribution >= 0.6 is 11.6 Å². The van der Waals surface area contributed by atoms with Crippen molar-refractivity contribution in [2.75, 3.05) is 18.6 Å². The summed E-state index contributed by atoms with van der Waals surface area (Å²) in [6.45, 7) is 1.71. The van der Waals surface area contributed by atoms with Gasteiger partial charge in [-0.15, -0.1) is 0 Å². The minimum absolute atomic E-state index is 0.125. The lowest BCUT2D eigenvalue weighted by molar-refractivity contribution is -0.136. The van der Waals surface area contributed by atoms with Crippen LogP contribution < -0.4 is 4.90 Å². The Kier molecular flexibility index (Phi) is 3.90. The SMILES string of the molecule is COC(=O)C(C)=CCN1C(=O)C(=O)c2cc(Cl)ccc21. The van der Waals surface area contributed by atoms with Gasteiger partial charge in [-0.2, -0.15) is 0 Å². The van der Waals surface area contributed by atoms with Gasteiger partial charge in [0.1, 0.15) is 0 Å². The fourth-order valence-electron chi connectivity index (χ4n) is 1.93. The highest BCUT2D eigenvalue weighted by molar-refractivity contribution is 6.52. The minimum atomic E-state index is -0.629. The van der Waals surface area contributed by atoms with Crippen LogP contribution in [0.4, 0.5) is 5.69 Å². The number of anilines is 1. The molecule has 1 aliphatic heterocycles. The molecule has 5 nitrogen and oxygen atoms in total. The molecule has 0 saturated heterocycles. The highest BCUT2D eigenvalue weighted by Gasteiger charge is 2.35. The summed E-state index contributed by atoms with van der Waals surface area (Å²) in [6, 6.07) is 4.69. The van der Waals surface area contributed by atoms with Crippen LogP contribution in [0.5, 0.6) is 0 Å². The maximum Gasteiger partial charge on any atom is 0.333 e. The zero-order valence-corrected chi connectivity index (χ0v) is 11.7. The number of ether oxygens (including phenoxy) is 1. The Balaban J connectivity index is 2.29. The molecule has 1 aromatic rings. The first-order chi connectivity index (χ1) is 9.45. The smallest absolute Gasteiger partial charge is 0.333 e. The van der Waals surface area contributed by atoms with Gasteiger partial charge < -0.3 is 9.64 Å². The maximum absolute atomic E-state index is 11.9. The molecule has 0 spiro atoms. The Morgan fingerprint density at radius 2 is 2.10 bits per heavy atom. The van der Waals surface area contributed by atoms with Gasteiger partial charge >= 0.3 is 5.97 Å². The first kappa shape index (κ1) is 14.3. The quantitative estimate of drug-likeness (QED) is 0.486. The van der Waals surface area contributed by atoms with Crippen molar-refractivity contribution in [2.45, 2.75) is 6.92 Å². The Morgan fingerprint density at radius 3 is 2.75 bits per heavy atom. The second kappa shape index (κ2) is 5.46. The third kappa shape index (κ3) is 2.44. The number of amides is 1. The molecule has 1 aliphatic rings. The van der Waals surface area contributed by atoms with E-state index >= 15 is 0 Å². The van der Waals surface area contributed by atoms with Crippen molar-refractivity contribution in [3.8, 4) is 0 Å². The average molecular weight is 294 g/mol. The van der Waals surface area contributed by atoms with E-state index in [1.807, 2.05) is 0 Å². The van der Waals surface area contributed by atoms with E-state index in [-0.39, 0.29) is 12.1 Å². The Bertz CT molecular complexity index is 636. The van der Waals surface area contributed by atoms with Gasteiger partial charge in [-0.05, 0) is 25.1 Å². The van der Waals surface area contributed by atoms with E-state index in [9.17, 15) is 14.4 Å². The number of benzene rings is 1. The zero-order valence-electron chi connectivity index (χ0n) is 11.0. The van der Waals surface area contributed by atoms with Gasteiger partial charge in [0, 0.05) is 17.1 Å². The molecule has 1 heterocycles. The van der Waals surface area contributed by atoms with Gasteiger partial charge in [0.05, 0.1) is 18.4 Å². The molecule has 6 heteroatoms. The van der Waals surface area contributed by atoms with Crippen LogP contribution in [0.3, 0.4) is 0 Å². The lowest BCUT2D eigenvalue weighted by Crippen LogP contribution is -2.30. The molecule has 0 fully saturated rings. The highest BCUT2D eigenvalue weighted by atomic mass is 35.5. The molecule has 2 rings (SSSR count). The predicted molar refractivity (Wildman–Crippen MR) is 73.9 cm³/mol.